The van der Waals surface area contributed by atoms with Crippen molar-refractivity contribution in [3.05, 3.63) is 106 Å². The lowest BCUT2D eigenvalue weighted by Gasteiger charge is -2.12. The molecule has 4 rings (SSSR count). The molecule has 1 aromatic heterocycles. The largest absolute Gasteiger partial charge is 0.478 e. The first kappa shape index (κ1) is 23.2. The predicted octanol–water partition coefficient (Wildman–Crippen LogP) is 4.17. The van der Waals surface area contributed by atoms with E-state index in [1.54, 1.807) is 42.5 Å². The van der Waals surface area contributed by atoms with Crippen LogP contribution in [-0.4, -0.2) is 33.2 Å². The Bertz CT molecular complexity index is 1570. The molecule has 4 aromatic rings. The quantitative estimate of drug-likeness (QED) is 0.352. The van der Waals surface area contributed by atoms with E-state index in [-0.39, 0.29) is 23.7 Å². The molecule has 0 aliphatic heterocycles. The molecule has 0 atom stereocenters. The van der Waals surface area contributed by atoms with Gasteiger partial charge in [-0.3, -0.25) is 14.2 Å². The van der Waals surface area contributed by atoms with Crippen molar-refractivity contribution in [3.63, 3.8) is 0 Å². The second-order valence-corrected chi connectivity index (χ2v) is 7.52. The molecule has 0 amide bonds. The van der Waals surface area contributed by atoms with E-state index in [1.807, 2.05) is 30.3 Å². The molecule has 7 heteroatoms. The van der Waals surface area contributed by atoms with Crippen LogP contribution in [0.15, 0.2) is 77.6 Å². The number of aromatic nitrogens is 2. The van der Waals surface area contributed by atoms with Crippen LogP contribution >= 0.6 is 0 Å². The summed E-state index contributed by atoms with van der Waals surface area (Å²) < 4.78 is 6.20. The highest BCUT2D eigenvalue weighted by Gasteiger charge is 2.12. The number of carboxylic acids is 1. The highest BCUT2D eigenvalue weighted by atomic mass is 16.5. The molecule has 0 fully saturated rings. The van der Waals surface area contributed by atoms with Gasteiger partial charge < -0.3 is 9.84 Å². The van der Waals surface area contributed by atoms with Gasteiger partial charge in [0.25, 0.3) is 5.56 Å². The number of carbonyl (C=O) groups excluding carboxylic acids is 1. The van der Waals surface area contributed by atoms with E-state index >= 15 is 0 Å². The maximum atomic E-state index is 13.3. The third-order valence-electron chi connectivity index (χ3n) is 5.07. The Morgan fingerprint density at radius 1 is 1.03 bits per heavy atom. The third kappa shape index (κ3) is 5.52. The van der Waals surface area contributed by atoms with Gasteiger partial charge in [0.15, 0.2) is 6.61 Å². The molecule has 35 heavy (non-hydrogen) atoms. The van der Waals surface area contributed by atoms with Gasteiger partial charge in [-0.2, -0.15) is 0 Å². The van der Waals surface area contributed by atoms with Crippen LogP contribution in [0.5, 0.6) is 0 Å². The number of carbonyl (C=O) groups is 2. The summed E-state index contributed by atoms with van der Waals surface area (Å²) in [5.41, 5.74) is 2.34. The van der Waals surface area contributed by atoms with Gasteiger partial charge in [0.2, 0.25) is 0 Å². The van der Waals surface area contributed by atoms with Crippen LogP contribution in [0.25, 0.3) is 28.7 Å². The minimum absolute atomic E-state index is 0.0330. The lowest BCUT2D eigenvalue weighted by atomic mass is 10.1. The monoisotopic (exact) mass is 464 g/mol. The molecule has 1 N–H and O–H groups in total. The number of hydrogen-bond donors (Lipinski definition) is 1. The SMILES string of the molecule is CC(=O)OCC#Cc1ccc(/C=C/c2nc3ccccc3c(=O)n2-c2cccc(C(=O)O)c2)cc1. The molecule has 0 radical (unpaired) electrons. The molecule has 0 bridgehead atoms. The van der Waals surface area contributed by atoms with E-state index in [1.165, 1.54) is 23.6 Å². The number of hydrogen-bond acceptors (Lipinski definition) is 5. The molecule has 0 unspecified atom stereocenters. The normalized spacial score (nSPS) is 10.7. The number of aromatic carboxylic acids is 1. The van der Waals surface area contributed by atoms with Crippen LogP contribution in [-0.2, 0) is 9.53 Å². The minimum atomic E-state index is -1.08. The zero-order valence-corrected chi connectivity index (χ0v) is 18.8. The van der Waals surface area contributed by atoms with E-state index in [2.05, 4.69) is 16.8 Å². The van der Waals surface area contributed by atoms with Crippen molar-refractivity contribution in [2.45, 2.75) is 6.92 Å². The highest BCUT2D eigenvalue weighted by Crippen LogP contribution is 2.17. The van der Waals surface area contributed by atoms with Crippen LogP contribution in [0, 0.1) is 11.8 Å². The molecule has 0 aliphatic carbocycles. The Hall–Kier alpha value is -4.96. The Balaban J connectivity index is 1.72. The smallest absolute Gasteiger partial charge is 0.335 e. The first-order chi connectivity index (χ1) is 16.9. The Morgan fingerprint density at radius 2 is 1.80 bits per heavy atom. The average Bonchev–Trinajstić information content (AvgIpc) is 2.86. The lowest BCUT2D eigenvalue weighted by Crippen LogP contribution is -2.22. The van der Waals surface area contributed by atoms with Gasteiger partial charge in [0.05, 0.1) is 22.2 Å². The van der Waals surface area contributed by atoms with Crippen LogP contribution in [0.3, 0.4) is 0 Å². The van der Waals surface area contributed by atoms with E-state index in [4.69, 9.17) is 4.74 Å². The number of esters is 1. The highest BCUT2D eigenvalue weighted by molar-refractivity contribution is 5.88. The summed E-state index contributed by atoms with van der Waals surface area (Å²) in [7, 11) is 0. The first-order valence-corrected chi connectivity index (χ1v) is 10.7. The van der Waals surface area contributed by atoms with E-state index < -0.39 is 5.97 Å². The third-order valence-corrected chi connectivity index (χ3v) is 5.07. The molecular weight excluding hydrogens is 444 g/mol. The summed E-state index contributed by atoms with van der Waals surface area (Å²) in [6, 6.07) is 20.6. The number of ether oxygens (including phenoxy) is 1. The lowest BCUT2D eigenvalue weighted by molar-refractivity contribution is -0.139. The second kappa shape index (κ2) is 10.3. The molecule has 0 saturated heterocycles. The Morgan fingerprint density at radius 3 is 2.54 bits per heavy atom. The maximum absolute atomic E-state index is 13.3. The zero-order valence-electron chi connectivity index (χ0n) is 18.8. The fourth-order valence-electron chi connectivity index (χ4n) is 3.41. The van der Waals surface area contributed by atoms with Crippen LogP contribution in [0.2, 0.25) is 0 Å². The van der Waals surface area contributed by atoms with Crippen LogP contribution in [0.1, 0.15) is 34.2 Å². The summed E-state index contributed by atoms with van der Waals surface area (Å²) in [6.45, 7) is 1.36. The topological polar surface area (TPSA) is 98.5 Å². The Labute approximate surface area is 200 Å². The molecule has 0 spiro atoms. The van der Waals surface area contributed by atoms with Crippen molar-refractivity contribution >= 4 is 35.0 Å². The molecule has 1 heterocycles. The van der Waals surface area contributed by atoms with Gasteiger partial charge in [0, 0.05) is 12.5 Å². The molecule has 0 aliphatic rings. The van der Waals surface area contributed by atoms with Gasteiger partial charge in [-0.05, 0) is 54.1 Å². The standard InChI is InChI=1S/C28H20N2O5/c1-19(31)35-17-5-6-20-11-13-21(14-12-20)15-16-26-29-25-10-3-2-9-24(25)27(32)30(26)23-8-4-7-22(18-23)28(33)34/h2-4,7-16,18H,17H2,1H3,(H,33,34)/b16-15+. The summed E-state index contributed by atoms with van der Waals surface area (Å²) in [6.07, 6.45) is 3.52. The van der Waals surface area contributed by atoms with Gasteiger partial charge in [-0.25, -0.2) is 9.78 Å². The van der Waals surface area contributed by atoms with Crippen molar-refractivity contribution < 1.29 is 19.4 Å². The van der Waals surface area contributed by atoms with Crippen LogP contribution < -0.4 is 5.56 Å². The zero-order chi connectivity index (χ0) is 24.8. The molecule has 0 saturated carbocycles. The van der Waals surface area contributed by atoms with Crippen molar-refractivity contribution in [1.82, 2.24) is 9.55 Å². The van der Waals surface area contributed by atoms with Crippen molar-refractivity contribution in [2.75, 3.05) is 6.61 Å². The van der Waals surface area contributed by atoms with Crippen molar-refractivity contribution in [3.8, 4) is 17.5 Å². The Kier molecular flexibility index (Phi) is 6.84. The van der Waals surface area contributed by atoms with E-state index in [0.717, 1.165) is 11.1 Å². The maximum Gasteiger partial charge on any atom is 0.335 e. The summed E-state index contributed by atoms with van der Waals surface area (Å²) in [5.74, 6) is 4.59. The molecular formula is C28H20N2O5. The van der Waals surface area contributed by atoms with Crippen molar-refractivity contribution in [1.29, 1.82) is 0 Å². The van der Waals surface area contributed by atoms with E-state index in [9.17, 15) is 19.5 Å². The van der Waals surface area contributed by atoms with Crippen molar-refractivity contribution in [2.24, 2.45) is 0 Å². The summed E-state index contributed by atoms with van der Waals surface area (Å²) in [4.78, 5) is 40.3. The number of fused-ring (bicyclic) bond motifs is 1. The summed E-state index contributed by atoms with van der Waals surface area (Å²) in [5, 5.41) is 9.82. The van der Waals surface area contributed by atoms with E-state index in [0.29, 0.717) is 22.4 Å². The number of carboxylic acid groups (broad SMARTS) is 1. The van der Waals surface area contributed by atoms with Gasteiger partial charge in [-0.15, -0.1) is 0 Å². The first-order valence-electron chi connectivity index (χ1n) is 10.7. The molecule has 172 valence electrons. The fourth-order valence-corrected chi connectivity index (χ4v) is 3.41. The van der Waals surface area contributed by atoms with Crippen LogP contribution in [0.4, 0.5) is 0 Å². The molecule has 3 aromatic carbocycles. The number of benzene rings is 3. The predicted molar refractivity (Wildman–Crippen MR) is 133 cm³/mol. The fraction of sp³-hybridized carbons (Fsp3) is 0.0714. The number of rotatable bonds is 5. The second-order valence-electron chi connectivity index (χ2n) is 7.52. The van der Waals surface area contributed by atoms with Gasteiger partial charge >= 0.3 is 11.9 Å². The molecule has 7 nitrogen and oxygen atoms in total. The summed E-state index contributed by atoms with van der Waals surface area (Å²) >= 11 is 0. The number of nitrogens with zero attached hydrogens (tertiary/aromatic N) is 2. The van der Waals surface area contributed by atoms with Gasteiger partial charge in [-0.1, -0.05) is 48.2 Å². The minimum Gasteiger partial charge on any atom is -0.478 e. The average molecular weight is 464 g/mol. The number of para-hydroxylation sites is 1. The van der Waals surface area contributed by atoms with Gasteiger partial charge in [0.1, 0.15) is 5.82 Å².